The maximum Gasteiger partial charge on any atom is 0.251 e. The average molecular weight is 242 g/mol. The summed E-state index contributed by atoms with van der Waals surface area (Å²) in [6.45, 7) is 0. The van der Waals surface area contributed by atoms with E-state index in [1.165, 1.54) is 12.3 Å². The van der Waals surface area contributed by atoms with Gasteiger partial charge in [0.1, 0.15) is 5.69 Å². The SMILES string of the molecule is N#CN(c1ccccc1Br)[N+](=O)[O-]. The van der Waals surface area contributed by atoms with Crippen molar-refractivity contribution in [3.05, 3.63) is 38.9 Å². The number of halogens is 1. The molecule has 0 bridgehead atoms. The molecule has 0 heterocycles. The van der Waals surface area contributed by atoms with Crippen molar-refractivity contribution >= 4 is 21.6 Å². The van der Waals surface area contributed by atoms with Gasteiger partial charge in [0, 0.05) is 9.48 Å². The van der Waals surface area contributed by atoms with Crippen molar-refractivity contribution in [1.82, 2.24) is 0 Å². The number of benzene rings is 1. The number of hydrazine groups is 1. The van der Waals surface area contributed by atoms with Crippen LogP contribution in [-0.4, -0.2) is 5.03 Å². The second kappa shape index (κ2) is 3.87. The molecule has 5 nitrogen and oxygen atoms in total. The van der Waals surface area contributed by atoms with E-state index in [1.807, 2.05) is 0 Å². The molecular weight excluding hydrogens is 238 g/mol. The van der Waals surface area contributed by atoms with Crippen LogP contribution in [0.4, 0.5) is 5.69 Å². The first-order valence-electron chi connectivity index (χ1n) is 3.25. The van der Waals surface area contributed by atoms with Crippen LogP contribution >= 0.6 is 15.9 Å². The van der Waals surface area contributed by atoms with Crippen LogP contribution in [0.2, 0.25) is 0 Å². The highest BCUT2D eigenvalue weighted by Crippen LogP contribution is 2.24. The van der Waals surface area contributed by atoms with Crippen LogP contribution in [0, 0.1) is 21.6 Å². The zero-order chi connectivity index (χ0) is 9.84. The molecule has 0 saturated carbocycles. The van der Waals surface area contributed by atoms with Crippen molar-refractivity contribution in [1.29, 1.82) is 5.26 Å². The number of nitriles is 1. The van der Waals surface area contributed by atoms with E-state index in [-0.39, 0.29) is 5.69 Å². The van der Waals surface area contributed by atoms with Crippen molar-refractivity contribution in [2.75, 3.05) is 5.01 Å². The summed E-state index contributed by atoms with van der Waals surface area (Å²) in [6.07, 6.45) is 1.46. The van der Waals surface area contributed by atoms with Gasteiger partial charge in [-0.05, 0) is 28.1 Å². The fourth-order valence-electron chi connectivity index (χ4n) is 0.802. The first-order valence-corrected chi connectivity index (χ1v) is 4.05. The lowest BCUT2D eigenvalue weighted by molar-refractivity contribution is -0.483. The van der Waals surface area contributed by atoms with Crippen molar-refractivity contribution in [3.63, 3.8) is 0 Å². The quantitative estimate of drug-likeness (QED) is 0.344. The van der Waals surface area contributed by atoms with E-state index in [1.54, 1.807) is 18.2 Å². The molecule has 1 aromatic carbocycles. The molecule has 6 heteroatoms. The second-order valence-electron chi connectivity index (χ2n) is 2.10. The van der Waals surface area contributed by atoms with Gasteiger partial charge in [-0.2, -0.15) is 5.26 Å². The summed E-state index contributed by atoms with van der Waals surface area (Å²) >= 11 is 3.11. The maximum atomic E-state index is 10.4. The van der Waals surface area contributed by atoms with Gasteiger partial charge in [0.25, 0.3) is 6.19 Å². The number of anilines is 1. The fourth-order valence-corrected chi connectivity index (χ4v) is 1.25. The lowest BCUT2D eigenvalue weighted by Crippen LogP contribution is -2.24. The minimum Gasteiger partial charge on any atom is -0.233 e. The smallest absolute Gasteiger partial charge is 0.233 e. The van der Waals surface area contributed by atoms with Gasteiger partial charge in [-0.1, -0.05) is 12.1 Å². The number of nitrogens with zero attached hydrogens (tertiary/aromatic N) is 3. The van der Waals surface area contributed by atoms with Crippen LogP contribution in [0.1, 0.15) is 0 Å². The minimum absolute atomic E-state index is 0.218. The van der Waals surface area contributed by atoms with Crippen LogP contribution < -0.4 is 5.01 Å². The Bertz CT molecular complexity index is 374. The van der Waals surface area contributed by atoms with Crippen molar-refractivity contribution in [2.45, 2.75) is 0 Å². The summed E-state index contributed by atoms with van der Waals surface area (Å²) in [5, 5.41) is 18.5. The van der Waals surface area contributed by atoms with Gasteiger partial charge in [0.05, 0.1) is 0 Å². The van der Waals surface area contributed by atoms with Crippen LogP contribution in [0.3, 0.4) is 0 Å². The Labute approximate surface area is 82.4 Å². The van der Waals surface area contributed by atoms with E-state index >= 15 is 0 Å². The molecule has 0 aliphatic rings. The van der Waals surface area contributed by atoms with Crippen LogP contribution in [0.15, 0.2) is 28.7 Å². The Hall–Kier alpha value is -1.61. The highest BCUT2D eigenvalue weighted by Gasteiger charge is 2.18. The van der Waals surface area contributed by atoms with Crippen molar-refractivity contribution < 1.29 is 5.03 Å². The number of para-hydroxylation sites is 1. The molecule has 0 amide bonds. The third kappa shape index (κ3) is 1.95. The molecule has 0 atom stereocenters. The van der Waals surface area contributed by atoms with E-state index in [0.29, 0.717) is 9.48 Å². The summed E-state index contributed by atoms with van der Waals surface area (Å²) < 4.78 is 0.508. The molecule has 0 aliphatic carbocycles. The molecule has 0 fully saturated rings. The Morgan fingerprint density at radius 3 is 2.62 bits per heavy atom. The number of rotatable bonds is 2. The molecule has 66 valence electrons. The summed E-state index contributed by atoms with van der Waals surface area (Å²) in [5.41, 5.74) is 0.218. The highest BCUT2D eigenvalue weighted by molar-refractivity contribution is 9.10. The Morgan fingerprint density at radius 2 is 2.15 bits per heavy atom. The van der Waals surface area contributed by atoms with Crippen LogP contribution in [0.5, 0.6) is 0 Å². The van der Waals surface area contributed by atoms with E-state index in [4.69, 9.17) is 5.26 Å². The Kier molecular flexibility index (Phi) is 2.82. The molecule has 0 N–H and O–H groups in total. The van der Waals surface area contributed by atoms with Crippen LogP contribution in [0.25, 0.3) is 0 Å². The highest BCUT2D eigenvalue weighted by atomic mass is 79.9. The first-order chi connectivity index (χ1) is 6.16. The standard InChI is InChI=1S/C7H4BrN3O2/c8-6-3-1-2-4-7(6)10(5-9)11(12)13/h1-4H. The predicted octanol–water partition coefficient (Wildman–Crippen LogP) is 1.93. The molecule has 0 saturated heterocycles. The molecule has 0 unspecified atom stereocenters. The Morgan fingerprint density at radius 1 is 1.54 bits per heavy atom. The monoisotopic (exact) mass is 241 g/mol. The topological polar surface area (TPSA) is 70.2 Å². The van der Waals surface area contributed by atoms with E-state index in [0.717, 1.165) is 0 Å². The molecule has 0 spiro atoms. The van der Waals surface area contributed by atoms with Gasteiger partial charge in [-0.15, -0.1) is 0 Å². The fraction of sp³-hybridized carbons (Fsp3) is 0. The molecule has 1 rings (SSSR count). The van der Waals surface area contributed by atoms with Crippen LogP contribution in [-0.2, 0) is 0 Å². The number of hydrogen-bond donors (Lipinski definition) is 0. The summed E-state index contributed by atoms with van der Waals surface area (Å²) in [7, 11) is 0. The molecule has 0 radical (unpaired) electrons. The lowest BCUT2D eigenvalue weighted by Gasteiger charge is -2.05. The zero-order valence-corrected chi connectivity index (χ0v) is 7.93. The number of hydrogen-bond acceptors (Lipinski definition) is 3. The van der Waals surface area contributed by atoms with Gasteiger partial charge in [0.2, 0.25) is 0 Å². The lowest BCUT2D eigenvalue weighted by atomic mass is 10.3. The zero-order valence-electron chi connectivity index (χ0n) is 6.35. The predicted molar refractivity (Wildman–Crippen MR) is 49.2 cm³/mol. The Balaban J connectivity index is 3.14. The summed E-state index contributed by atoms with van der Waals surface area (Å²) in [4.78, 5) is 10.4. The van der Waals surface area contributed by atoms with Crippen molar-refractivity contribution in [3.8, 4) is 6.19 Å². The summed E-state index contributed by atoms with van der Waals surface area (Å²) in [5.74, 6) is 0. The molecule has 0 aliphatic heterocycles. The summed E-state index contributed by atoms with van der Waals surface area (Å²) in [6, 6.07) is 6.44. The van der Waals surface area contributed by atoms with Gasteiger partial charge in [-0.25, -0.2) is 10.1 Å². The van der Waals surface area contributed by atoms with E-state index in [2.05, 4.69) is 15.9 Å². The largest absolute Gasteiger partial charge is 0.251 e. The first kappa shape index (κ1) is 9.48. The van der Waals surface area contributed by atoms with Gasteiger partial charge in [0.15, 0.2) is 5.03 Å². The van der Waals surface area contributed by atoms with Gasteiger partial charge < -0.3 is 0 Å². The second-order valence-corrected chi connectivity index (χ2v) is 2.96. The molecule has 1 aromatic rings. The van der Waals surface area contributed by atoms with Gasteiger partial charge >= 0.3 is 0 Å². The maximum absolute atomic E-state index is 10.4. The van der Waals surface area contributed by atoms with E-state index in [9.17, 15) is 10.1 Å². The van der Waals surface area contributed by atoms with E-state index < -0.39 is 5.03 Å². The third-order valence-electron chi connectivity index (χ3n) is 1.34. The third-order valence-corrected chi connectivity index (χ3v) is 2.01. The van der Waals surface area contributed by atoms with Gasteiger partial charge in [-0.3, -0.25) is 0 Å². The normalized spacial score (nSPS) is 8.92. The van der Waals surface area contributed by atoms with Crippen molar-refractivity contribution in [2.24, 2.45) is 0 Å². The number of nitro groups is 1. The average Bonchev–Trinajstić information content (AvgIpc) is 2.09. The minimum atomic E-state index is -0.778. The molecule has 0 aromatic heterocycles. The molecular formula is C7H4BrN3O2. The molecule has 13 heavy (non-hydrogen) atoms.